The average molecular weight is 367 g/mol. The molecule has 0 N–H and O–H groups in total. The van der Waals surface area contributed by atoms with Crippen LogP contribution >= 0.6 is 0 Å². The molecule has 0 aromatic heterocycles. The van der Waals surface area contributed by atoms with Gasteiger partial charge in [-0.25, -0.2) is 0 Å². The molecule has 0 heterocycles. The first kappa shape index (κ1) is 16.0. The van der Waals surface area contributed by atoms with E-state index in [0.717, 1.165) is 19.5 Å². The molecule has 100 valence electrons. The Morgan fingerprint density at radius 2 is 1.63 bits per heavy atom. The molecule has 0 fully saturated rings. The van der Waals surface area contributed by atoms with Crippen molar-refractivity contribution in [3.8, 4) is 0 Å². The predicted octanol–water partition coefficient (Wildman–Crippen LogP) is 3.32. The molecule has 2 heteroatoms. The van der Waals surface area contributed by atoms with E-state index < -0.39 is 0 Å². The molecule has 0 aliphatic rings. The summed E-state index contributed by atoms with van der Waals surface area (Å²) in [6.45, 7) is 13.3. The summed E-state index contributed by atoms with van der Waals surface area (Å²) >= 11 is 2.11. The molecule has 0 aliphatic heterocycles. The van der Waals surface area contributed by atoms with Gasteiger partial charge in [0.25, 0.3) is 0 Å². The van der Waals surface area contributed by atoms with E-state index in [1.807, 2.05) is 18.2 Å². The molecule has 0 bridgehead atoms. The fourth-order valence-corrected chi connectivity index (χ4v) is 3.11. The molecular weight excluding hydrogens is 346 g/mol. The summed E-state index contributed by atoms with van der Waals surface area (Å²) < 4.78 is 1.35. The van der Waals surface area contributed by atoms with Crippen molar-refractivity contribution < 1.29 is 0 Å². The van der Waals surface area contributed by atoms with E-state index in [1.54, 1.807) is 0 Å². The van der Waals surface area contributed by atoms with Crippen LogP contribution < -0.4 is 0 Å². The van der Waals surface area contributed by atoms with Crippen LogP contribution in [0.4, 0.5) is 0 Å². The van der Waals surface area contributed by atoms with Crippen molar-refractivity contribution in [2.75, 3.05) is 13.1 Å². The van der Waals surface area contributed by atoms with Crippen LogP contribution in [0.15, 0.2) is 68.3 Å². The quantitative estimate of drug-likeness (QED) is 0.478. The third kappa shape index (κ3) is 4.82. The second kappa shape index (κ2) is 8.91. The summed E-state index contributed by atoms with van der Waals surface area (Å²) in [7, 11) is 0. The average Bonchev–Trinajstić information content (AvgIpc) is 2.45. The van der Waals surface area contributed by atoms with E-state index in [4.69, 9.17) is 0 Å². The van der Waals surface area contributed by atoms with Gasteiger partial charge < -0.3 is 0 Å². The zero-order valence-corrected chi connectivity index (χ0v) is 13.6. The fourth-order valence-electron chi connectivity index (χ4n) is 2.02. The third-order valence-electron chi connectivity index (χ3n) is 2.91. The topological polar surface area (TPSA) is 3.24 Å². The van der Waals surface area contributed by atoms with Crippen LogP contribution in [0.3, 0.4) is 0 Å². The Bertz CT molecular complexity index is 426. The molecule has 1 atom stereocenters. The van der Waals surface area contributed by atoms with Crippen LogP contribution in [0.1, 0.15) is 17.9 Å². The molecule has 0 spiro atoms. The zero-order valence-electron chi connectivity index (χ0n) is 11.3. The number of benzene rings is 1. The van der Waals surface area contributed by atoms with Crippen molar-refractivity contribution in [3.05, 3.63) is 73.9 Å². The van der Waals surface area contributed by atoms with Crippen molar-refractivity contribution in [1.82, 2.24) is 4.90 Å². The van der Waals surface area contributed by atoms with Gasteiger partial charge in [0.05, 0.1) is 0 Å². The van der Waals surface area contributed by atoms with Gasteiger partial charge >= 0.3 is 130 Å². The monoisotopic (exact) mass is 369 g/mol. The van der Waals surface area contributed by atoms with Gasteiger partial charge in [0.15, 0.2) is 0 Å². The Kier molecular flexibility index (Phi) is 7.48. The van der Waals surface area contributed by atoms with Crippen LogP contribution in [-0.4, -0.2) is 43.5 Å². The number of hydrogen-bond acceptors (Lipinski definition) is 1. The van der Waals surface area contributed by atoms with E-state index in [1.165, 1.54) is 9.24 Å². The van der Waals surface area contributed by atoms with Gasteiger partial charge in [0, 0.05) is 0 Å². The van der Waals surface area contributed by atoms with Gasteiger partial charge in [-0.3, -0.25) is 0 Å². The predicted molar refractivity (Wildman–Crippen MR) is 86.7 cm³/mol. The Morgan fingerprint density at radius 3 is 2.11 bits per heavy atom. The molecule has 1 nitrogen and oxygen atoms in total. The van der Waals surface area contributed by atoms with E-state index in [2.05, 4.69) is 76.8 Å². The molecule has 0 saturated heterocycles. The van der Waals surface area contributed by atoms with E-state index in [9.17, 15) is 0 Å². The standard InChI is InChI=1S/C17H21NTe/c1-4-10-16(15-11-8-7-9-12-15)17(19)18(13-5-2)14-6-3/h4-9,11-12,16H,1-3,10,13-14H2. The van der Waals surface area contributed by atoms with Crippen LogP contribution in [0, 0.1) is 0 Å². The number of rotatable bonds is 9. The van der Waals surface area contributed by atoms with Gasteiger partial charge in [-0.05, 0) is 0 Å². The van der Waals surface area contributed by atoms with Crippen LogP contribution in [0.5, 0.6) is 0 Å². The van der Waals surface area contributed by atoms with Gasteiger partial charge in [0.2, 0.25) is 0 Å². The molecular formula is C17H21NTe. The Balaban J connectivity index is 2.96. The summed E-state index contributed by atoms with van der Waals surface area (Å²) in [5.74, 6) is 0.378. The van der Waals surface area contributed by atoms with Gasteiger partial charge in [0.1, 0.15) is 0 Å². The van der Waals surface area contributed by atoms with E-state index in [0.29, 0.717) is 5.92 Å². The second-order valence-corrected chi connectivity index (χ2v) is 5.50. The van der Waals surface area contributed by atoms with Crippen molar-refractivity contribution in [2.24, 2.45) is 0 Å². The van der Waals surface area contributed by atoms with Gasteiger partial charge in [-0.15, -0.1) is 0 Å². The van der Waals surface area contributed by atoms with Crippen molar-refractivity contribution in [1.29, 1.82) is 0 Å². The number of allylic oxidation sites excluding steroid dienone is 1. The van der Waals surface area contributed by atoms with Crippen molar-refractivity contribution in [3.63, 3.8) is 0 Å². The molecule has 1 aromatic rings. The maximum atomic E-state index is 3.89. The summed E-state index contributed by atoms with van der Waals surface area (Å²) in [6.07, 6.45) is 6.81. The summed E-state index contributed by atoms with van der Waals surface area (Å²) in [4.78, 5) is 2.31. The molecule has 1 aromatic carbocycles. The maximum absolute atomic E-state index is 3.89. The fraction of sp³-hybridized carbons (Fsp3) is 0.235. The molecule has 0 amide bonds. The Labute approximate surface area is 129 Å². The first-order valence-corrected chi connectivity index (χ1v) is 7.57. The minimum absolute atomic E-state index is 0.378. The third-order valence-corrected chi connectivity index (χ3v) is 4.46. The number of hydrogen-bond donors (Lipinski definition) is 0. The molecule has 0 aliphatic carbocycles. The second-order valence-electron chi connectivity index (χ2n) is 4.31. The zero-order chi connectivity index (χ0) is 14.1. The van der Waals surface area contributed by atoms with E-state index in [-0.39, 0.29) is 0 Å². The first-order valence-electron chi connectivity index (χ1n) is 6.41. The molecule has 1 rings (SSSR count). The van der Waals surface area contributed by atoms with Gasteiger partial charge in [-0.2, -0.15) is 0 Å². The Morgan fingerprint density at radius 1 is 1.05 bits per heavy atom. The molecule has 19 heavy (non-hydrogen) atoms. The van der Waals surface area contributed by atoms with Crippen LogP contribution in [0.25, 0.3) is 0 Å². The van der Waals surface area contributed by atoms with Crippen molar-refractivity contribution >= 4 is 25.5 Å². The van der Waals surface area contributed by atoms with E-state index >= 15 is 0 Å². The Hall–Kier alpha value is -1.10. The first-order chi connectivity index (χ1) is 9.24. The van der Waals surface area contributed by atoms with Crippen molar-refractivity contribution in [2.45, 2.75) is 12.3 Å². The number of nitrogens with zero attached hydrogens (tertiary/aromatic N) is 1. The van der Waals surface area contributed by atoms with Crippen LogP contribution in [0.2, 0.25) is 0 Å². The van der Waals surface area contributed by atoms with Gasteiger partial charge in [-0.1, -0.05) is 0 Å². The molecule has 0 radical (unpaired) electrons. The summed E-state index contributed by atoms with van der Waals surface area (Å²) in [6, 6.07) is 10.6. The minimum atomic E-state index is 0.378. The summed E-state index contributed by atoms with van der Waals surface area (Å²) in [5.41, 5.74) is 1.33. The summed E-state index contributed by atoms with van der Waals surface area (Å²) in [5, 5.41) is 0. The molecule has 0 saturated carbocycles. The SMILES string of the molecule is C=CCC(C(=[Te])N(CC=C)CC=C)c1ccccc1. The normalized spacial score (nSPS) is 11.4. The molecule has 1 unspecified atom stereocenters. The van der Waals surface area contributed by atoms with Crippen LogP contribution in [-0.2, 0) is 0 Å².